The first kappa shape index (κ1) is 23.3. The van der Waals surface area contributed by atoms with Crippen molar-refractivity contribution in [3.63, 3.8) is 0 Å². The number of unbranched alkanes of at least 4 members (excludes halogenated alkanes) is 2. The minimum Gasteiger partial charge on any atom is -0.0917 e. The third-order valence-electron chi connectivity index (χ3n) is 8.44. The first-order chi connectivity index (χ1) is 15.8. The SMILES string of the molecule is C/C=C/CCc1ccc(-c2ccc([C@@H]3CC[C@@H]4CC(CCCCC)CC[C@@H]4C3)cc2)cc1. The van der Waals surface area contributed by atoms with Crippen LogP contribution in [0.4, 0.5) is 0 Å². The van der Waals surface area contributed by atoms with E-state index in [1.54, 1.807) is 5.56 Å². The summed E-state index contributed by atoms with van der Waals surface area (Å²) in [5, 5.41) is 0. The zero-order valence-electron chi connectivity index (χ0n) is 20.6. The molecule has 0 spiro atoms. The van der Waals surface area contributed by atoms with Crippen LogP contribution in [0.5, 0.6) is 0 Å². The summed E-state index contributed by atoms with van der Waals surface area (Å²) in [6.07, 6.45) is 21.3. The quantitative estimate of drug-likeness (QED) is 0.275. The highest BCUT2D eigenvalue weighted by molar-refractivity contribution is 5.64. The lowest BCUT2D eigenvalue weighted by Crippen LogP contribution is -2.30. The fourth-order valence-corrected chi connectivity index (χ4v) is 6.46. The van der Waals surface area contributed by atoms with Gasteiger partial charge in [-0.3, -0.25) is 0 Å². The van der Waals surface area contributed by atoms with E-state index >= 15 is 0 Å². The summed E-state index contributed by atoms with van der Waals surface area (Å²) >= 11 is 0. The second-order valence-electron chi connectivity index (χ2n) is 10.6. The standard InChI is InChI=1S/C32H44/c1-3-5-7-9-25-11-14-27(15-12-25)28-17-19-29(20-18-28)31-22-21-30-23-26(10-8-6-4-2)13-16-32(30)24-31/h3,5,11-12,14-15,17-20,26,30-32H,4,6-10,13,16,21-24H2,1-2H3/b5-3+/t26?,30-,31-,32-/m1/s1. The van der Waals surface area contributed by atoms with Crippen LogP contribution in [0, 0.1) is 17.8 Å². The number of allylic oxidation sites excluding steroid dienone is 2. The van der Waals surface area contributed by atoms with E-state index in [9.17, 15) is 0 Å². The van der Waals surface area contributed by atoms with Crippen molar-refractivity contribution >= 4 is 0 Å². The average molecular weight is 429 g/mol. The molecule has 1 unspecified atom stereocenters. The Balaban J connectivity index is 1.30. The summed E-state index contributed by atoms with van der Waals surface area (Å²) in [4.78, 5) is 0. The molecule has 0 nitrogen and oxygen atoms in total. The van der Waals surface area contributed by atoms with E-state index < -0.39 is 0 Å². The summed E-state index contributed by atoms with van der Waals surface area (Å²) < 4.78 is 0. The van der Waals surface area contributed by atoms with Gasteiger partial charge in [-0.1, -0.05) is 99.7 Å². The Labute approximate surface area is 197 Å². The molecule has 0 N–H and O–H groups in total. The number of benzene rings is 2. The molecule has 2 aliphatic rings. The highest BCUT2D eigenvalue weighted by Gasteiger charge is 2.35. The van der Waals surface area contributed by atoms with Gasteiger partial charge in [-0.25, -0.2) is 0 Å². The number of hydrogen-bond acceptors (Lipinski definition) is 0. The number of rotatable bonds is 9. The summed E-state index contributed by atoms with van der Waals surface area (Å²) in [5.74, 6) is 3.84. The Bertz CT molecular complexity index is 825. The molecule has 0 saturated heterocycles. The van der Waals surface area contributed by atoms with Crippen LogP contribution in [-0.2, 0) is 6.42 Å². The zero-order chi connectivity index (χ0) is 22.2. The lowest BCUT2D eigenvalue weighted by atomic mass is 9.63. The molecule has 0 radical (unpaired) electrons. The number of hydrogen-bond donors (Lipinski definition) is 0. The van der Waals surface area contributed by atoms with Crippen LogP contribution >= 0.6 is 0 Å². The van der Waals surface area contributed by atoms with Crippen molar-refractivity contribution in [2.24, 2.45) is 17.8 Å². The topological polar surface area (TPSA) is 0 Å². The molecular weight excluding hydrogens is 384 g/mol. The van der Waals surface area contributed by atoms with Gasteiger partial charge in [0.1, 0.15) is 0 Å². The third-order valence-corrected chi connectivity index (χ3v) is 8.44. The molecule has 2 aromatic carbocycles. The maximum absolute atomic E-state index is 2.43. The molecule has 2 aromatic rings. The molecule has 0 heteroatoms. The van der Waals surface area contributed by atoms with E-state index in [1.165, 1.54) is 80.9 Å². The van der Waals surface area contributed by atoms with Gasteiger partial charge >= 0.3 is 0 Å². The molecule has 4 atom stereocenters. The van der Waals surface area contributed by atoms with Crippen molar-refractivity contribution < 1.29 is 0 Å². The molecule has 0 amide bonds. The van der Waals surface area contributed by atoms with Crippen molar-refractivity contribution in [3.05, 3.63) is 71.8 Å². The van der Waals surface area contributed by atoms with E-state index in [1.807, 2.05) is 0 Å². The Kier molecular flexibility index (Phi) is 8.66. The summed E-state index contributed by atoms with van der Waals surface area (Å²) in [5.41, 5.74) is 5.71. The Hall–Kier alpha value is -1.82. The Morgan fingerprint density at radius 1 is 0.781 bits per heavy atom. The molecule has 2 aliphatic carbocycles. The monoisotopic (exact) mass is 428 g/mol. The first-order valence-corrected chi connectivity index (χ1v) is 13.6. The third kappa shape index (κ3) is 6.15. The molecule has 4 rings (SSSR count). The second kappa shape index (κ2) is 11.9. The fraction of sp³-hybridized carbons (Fsp3) is 0.562. The number of aryl methyl sites for hydroxylation is 1. The highest BCUT2D eigenvalue weighted by atomic mass is 14.4. The van der Waals surface area contributed by atoms with Crippen molar-refractivity contribution in [3.8, 4) is 11.1 Å². The van der Waals surface area contributed by atoms with Crippen LogP contribution in [0.1, 0.15) is 102 Å². The summed E-state index contributed by atoms with van der Waals surface area (Å²) in [6, 6.07) is 18.8. The minimum atomic E-state index is 0.788. The van der Waals surface area contributed by atoms with Crippen LogP contribution in [0.25, 0.3) is 11.1 Å². The van der Waals surface area contributed by atoms with Gasteiger partial charge < -0.3 is 0 Å². The van der Waals surface area contributed by atoms with Crippen LogP contribution in [0.15, 0.2) is 60.7 Å². The van der Waals surface area contributed by atoms with Crippen LogP contribution in [0.3, 0.4) is 0 Å². The van der Waals surface area contributed by atoms with Gasteiger partial charge in [0.15, 0.2) is 0 Å². The van der Waals surface area contributed by atoms with Crippen molar-refractivity contribution in [1.82, 2.24) is 0 Å². The second-order valence-corrected chi connectivity index (χ2v) is 10.6. The molecule has 0 bridgehead atoms. The Morgan fingerprint density at radius 2 is 1.47 bits per heavy atom. The first-order valence-electron chi connectivity index (χ1n) is 13.6. The van der Waals surface area contributed by atoms with E-state index in [4.69, 9.17) is 0 Å². The molecule has 32 heavy (non-hydrogen) atoms. The van der Waals surface area contributed by atoms with Crippen molar-refractivity contribution in [1.29, 1.82) is 0 Å². The van der Waals surface area contributed by atoms with E-state index in [-0.39, 0.29) is 0 Å². The normalized spacial score (nSPS) is 25.7. The van der Waals surface area contributed by atoms with Gasteiger partial charge in [-0.2, -0.15) is 0 Å². The van der Waals surface area contributed by atoms with Gasteiger partial charge in [0.25, 0.3) is 0 Å². The molecule has 0 aliphatic heterocycles. The molecule has 2 fully saturated rings. The molecule has 2 saturated carbocycles. The van der Waals surface area contributed by atoms with Crippen LogP contribution < -0.4 is 0 Å². The van der Waals surface area contributed by atoms with Gasteiger partial charge in [0.2, 0.25) is 0 Å². The van der Waals surface area contributed by atoms with Gasteiger partial charge in [0.05, 0.1) is 0 Å². The maximum Gasteiger partial charge on any atom is -0.0159 e. The smallest absolute Gasteiger partial charge is 0.0159 e. The van der Waals surface area contributed by atoms with Crippen LogP contribution in [0.2, 0.25) is 0 Å². The van der Waals surface area contributed by atoms with Gasteiger partial charge in [-0.05, 0) is 97.8 Å². The highest BCUT2D eigenvalue weighted by Crippen LogP contribution is 2.48. The zero-order valence-corrected chi connectivity index (χ0v) is 20.6. The number of fused-ring (bicyclic) bond motifs is 1. The molecular formula is C32H44. The van der Waals surface area contributed by atoms with Gasteiger partial charge in [-0.15, -0.1) is 0 Å². The predicted octanol–water partition coefficient (Wildman–Crippen LogP) is 9.74. The van der Waals surface area contributed by atoms with E-state index in [0.29, 0.717) is 0 Å². The lowest BCUT2D eigenvalue weighted by Gasteiger charge is -2.42. The average Bonchev–Trinajstić information content (AvgIpc) is 2.85. The van der Waals surface area contributed by atoms with Crippen LogP contribution in [-0.4, -0.2) is 0 Å². The maximum atomic E-state index is 2.43. The molecule has 0 aromatic heterocycles. The van der Waals surface area contributed by atoms with E-state index in [0.717, 1.165) is 36.5 Å². The molecule has 0 heterocycles. The van der Waals surface area contributed by atoms with Crippen molar-refractivity contribution in [2.45, 2.75) is 96.8 Å². The summed E-state index contributed by atoms with van der Waals surface area (Å²) in [7, 11) is 0. The largest absolute Gasteiger partial charge is 0.0917 e. The predicted molar refractivity (Wildman–Crippen MR) is 140 cm³/mol. The lowest BCUT2D eigenvalue weighted by molar-refractivity contribution is 0.113. The fourth-order valence-electron chi connectivity index (χ4n) is 6.46. The Morgan fingerprint density at radius 3 is 2.19 bits per heavy atom. The van der Waals surface area contributed by atoms with Crippen molar-refractivity contribution in [2.75, 3.05) is 0 Å². The minimum absolute atomic E-state index is 0.788. The van der Waals surface area contributed by atoms with E-state index in [2.05, 4.69) is 74.5 Å². The summed E-state index contributed by atoms with van der Waals surface area (Å²) in [6.45, 7) is 4.42. The van der Waals surface area contributed by atoms with Gasteiger partial charge in [0, 0.05) is 0 Å². The molecule has 172 valence electrons.